The molecule has 2 aromatic rings. The number of methoxy groups -OCH3 is 1. The zero-order valence-corrected chi connectivity index (χ0v) is 15.8. The third kappa shape index (κ3) is 5.39. The quantitative estimate of drug-likeness (QED) is 0.618. The zero-order chi connectivity index (χ0) is 19.8. The summed E-state index contributed by atoms with van der Waals surface area (Å²) in [4.78, 5) is 25.9. The Morgan fingerprint density at radius 2 is 1.82 bits per heavy atom. The molecule has 0 aliphatic carbocycles. The van der Waals surface area contributed by atoms with Crippen LogP contribution in [0.5, 0.6) is 17.2 Å². The Balaban J connectivity index is 1.60. The second-order valence-corrected chi connectivity index (χ2v) is 6.24. The summed E-state index contributed by atoms with van der Waals surface area (Å²) in [6.07, 6.45) is 0.340. The number of amides is 1. The average Bonchev–Trinajstić information content (AvgIpc) is 3.19. The standard InChI is InChI=1S/C21H23NO6/c1-25-21(24)9-11-22(14-16-7-8-18-19(13-16)28-15-27-18)20(23)10-12-26-17-5-3-2-4-6-17/h2-8,13H,9-12,14-15H2,1H3. The molecule has 0 atom stereocenters. The summed E-state index contributed by atoms with van der Waals surface area (Å²) in [7, 11) is 1.33. The van der Waals surface area contributed by atoms with Crippen LogP contribution in [-0.4, -0.2) is 43.8 Å². The van der Waals surface area contributed by atoms with Gasteiger partial charge in [-0.3, -0.25) is 9.59 Å². The van der Waals surface area contributed by atoms with Crippen molar-refractivity contribution in [2.45, 2.75) is 19.4 Å². The van der Waals surface area contributed by atoms with Crippen molar-refractivity contribution >= 4 is 11.9 Å². The third-order valence-corrected chi connectivity index (χ3v) is 4.30. The minimum absolute atomic E-state index is 0.0995. The first-order chi connectivity index (χ1) is 13.7. The van der Waals surface area contributed by atoms with Gasteiger partial charge in [0.15, 0.2) is 11.5 Å². The van der Waals surface area contributed by atoms with Gasteiger partial charge >= 0.3 is 5.97 Å². The molecule has 2 aromatic carbocycles. The van der Waals surface area contributed by atoms with Gasteiger partial charge in [0.2, 0.25) is 12.7 Å². The van der Waals surface area contributed by atoms with Crippen LogP contribution in [0.2, 0.25) is 0 Å². The van der Waals surface area contributed by atoms with Gasteiger partial charge in [0, 0.05) is 13.1 Å². The van der Waals surface area contributed by atoms with Gasteiger partial charge in [-0.2, -0.15) is 0 Å². The number of benzene rings is 2. The third-order valence-electron chi connectivity index (χ3n) is 4.30. The maximum absolute atomic E-state index is 12.7. The first-order valence-corrected chi connectivity index (χ1v) is 9.06. The number of hydrogen-bond donors (Lipinski definition) is 0. The van der Waals surface area contributed by atoms with Crippen molar-refractivity contribution in [2.75, 3.05) is 27.1 Å². The van der Waals surface area contributed by atoms with E-state index in [1.54, 1.807) is 4.90 Å². The molecular weight excluding hydrogens is 362 g/mol. The normalized spacial score (nSPS) is 11.8. The highest BCUT2D eigenvalue weighted by atomic mass is 16.7. The predicted molar refractivity (Wildman–Crippen MR) is 101 cm³/mol. The van der Waals surface area contributed by atoms with Crippen LogP contribution in [0.3, 0.4) is 0 Å². The molecule has 7 heteroatoms. The molecule has 0 radical (unpaired) electrons. The lowest BCUT2D eigenvalue weighted by atomic mass is 10.1. The average molecular weight is 385 g/mol. The Bertz CT molecular complexity index is 808. The molecule has 1 amide bonds. The maximum atomic E-state index is 12.7. The number of ether oxygens (including phenoxy) is 4. The van der Waals surface area contributed by atoms with Crippen molar-refractivity contribution in [2.24, 2.45) is 0 Å². The Morgan fingerprint density at radius 1 is 1.04 bits per heavy atom. The van der Waals surface area contributed by atoms with E-state index in [-0.39, 0.29) is 44.7 Å². The molecule has 0 spiro atoms. The number of carbonyl (C=O) groups excluding carboxylic acids is 2. The largest absolute Gasteiger partial charge is 0.493 e. The minimum Gasteiger partial charge on any atom is -0.493 e. The molecule has 1 heterocycles. The van der Waals surface area contributed by atoms with Crippen LogP contribution >= 0.6 is 0 Å². The van der Waals surface area contributed by atoms with Crippen LogP contribution in [0.1, 0.15) is 18.4 Å². The number of nitrogens with zero attached hydrogens (tertiary/aromatic N) is 1. The van der Waals surface area contributed by atoms with E-state index in [1.807, 2.05) is 48.5 Å². The van der Waals surface area contributed by atoms with E-state index >= 15 is 0 Å². The molecule has 0 N–H and O–H groups in total. The molecule has 1 aliphatic rings. The van der Waals surface area contributed by atoms with Crippen molar-refractivity contribution in [1.82, 2.24) is 4.90 Å². The van der Waals surface area contributed by atoms with Gasteiger partial charge in [0.1, 0.15) is 5.75 Å². The van der Waals surface area contributed by atoms with Gasteiger partial charge in [0.05, 0.1) is 26.6 Å². The van der Waals surface area contributed by atoms with Gasteiger partial charge in [0.25, 0.3) is 0 Å². The number of carbonyl (C=O) groups is 2. The van der Waals surface area contributed by atoms with Gasteiger partial charge in [-0.15, -0.1) is 0 Å². The van der Waals surface area contributed by atoms with E-state index < -0.39 is 0 Å². The monoisotopic (exact) mass is 385 g/mol. The van der Waals surface area contributed by atoms with E-state index in [4.69, 9.17) is 18.9 Å². The molecule has 1 aliphatic heterocycles. The fourth-order valence-corrected chi connectivity index (χ4v) is 2.81. The molecule has 3 rings (SSSR count). The number of rotatable bonds is 9. The molecule has 0 saturated heterocycles. The lowest BCUT2D eigenvalue weighted by Gasteiger charge is -2.23. The summed E-state index contributed by atoms with van der Waals surface area (Å²) in [6.45, 7) is 1.09. The zero-order valence-electron chi connectivity index (χ0n) is 15.8. The molecular formula is C21H23NO6. The van der Waals surface area contributed by atoms with Crippen LogP contribution < -0.4 is 14.2 Å². The van der Waals surface area contributed by atoms with E-state index in [2.05, 4.69) is 0 Å². The smallest absolute Gasteiger partial charge is 0.307 e. The Labute approximate surface area is 163 Å². The number of para-hydroxylation sites is 1. The van der Waals surface area contributed by atoms with Crippen LogP contribution in [0.4, 0.5) is 0 Å². The highest BCUT2D eigenvalue weighted by Crippen LogP contribution is 2.32. The molecule has 148 valence electrons. The number of hydrogen-bond acceptors (Lipinski definition) is 6. The van der Waals surface area contributed by atoms with Crippen molar-refractivity contribution in [1.29, 1.82) is 0 Å². The van der Waals surface area contributed by atoms with Gasteiger partial charge in [-0.05, 0) is 29.8 Å². The molecule has 28 heavy (non-hydrogen) atoms. The Kier molecular flexibility index (Phi) is 6.73. The minimum atomic E-state index is -0.357. The van der Waals surface area contributed by atoms with E-state index in [9.17, 15) is 9.59 Å². The maximum Gasteiger partial charge on any atom is 0.307 e. The molecule has 0 bridgehead atoms. The highest BCUT2D eigenvalue weighted by molar-refractivity contribution is 5.77. The van der Waals surface area contributed by atoms with Gasteiger partial charge in [-0.1, -0.05) is 24.3 Å². The van der Waals surface area contributed by atoms with E-state index in [1.165, 1.54) is 7.11 Å². The second-order valence-electron chi connectivity index (χ2n) is 6.24. The van der Waals surface area contributed by atoms with Crippen LogP contribution in [0.25, 0.3) is 0 Å². The second kappa shape index (κ2) is 9.64. The molecule has 0 unspecified atom stereocenters. The lowest BCUT2D eigenvalue weighted by Crippen LogP contribution is -2.33. The summed E-state index contributed by atoms with van der Waals surface area (Å²) in [5, 5.41) is 0. The highest BCUT2D eigenvalue weighted by Gasteiger charge is 2.18. The fourth-order valence-electron chi connectivity index (χ4n) is 2.81. The fraction of sp³-hybridized carbons (Fsp3) is 0.333. The van der Waals surface area contributed by atoms with E-state index in [0.717, 1.165) is 5.56 Å². The first kappa shape index (κ1) is 19.5. The predicted octanol–water partition coefficient (Wildman–Crippen LogP) is 2.78. The SMILES string of the molecule is COC(=O)CCN(Cc1ccc2c(c1)OCO2)C(=O)CCOc1ccccc1. The summed E-state index contributed by atoms with van der Waals surface area (Å²) in [5.41, 5.74) is 0.895. The lowest BCUT2D eigenvalue weighted by molar-refractivity contribution is -0.142. The van der Waals surface area contributed by atoms with Gasteiger partial charge < -0.3 is 23.8 Å². The summed E-state index contributed by atoms with van der Waals surface area (Å²) < 4.78 is 21.0. The number of esters is 1. The molecule has 0 fully saturated rings. The Morgan fingerprint density at radius 3 is 2.61 bits per heavy atom. The van der Waals surface area contributed by atoms with Crippen molar-refractivity contribution < 1.29 is 28.5 Å². The first-order valence-electron chi connectivity index (χ1n) is 9.06. The van der Waals surface area contributed by atoms with E-state index in [0.29, 0.717) is 23.8 Å². The van der Waals surface area contributed by atoms with Crippen molar-refractivity contribution in [3.63, 3.8) is 0 Å². The topological polar surface area (TPSA) is 74.3 Å². The molecule has 0 saturated carbocycles. The van der Waals surface area contributed by atoms with Crippen molar-refractivity contribution in [3.05, 3.63) is 54.1 Å². The van der Waals surface area contributed by atoms with Crippen LogP contribution in [0.15, 0.2) is 48.5 Å². The summed E-state index contributed by atoms with van der Waals surface area (Å²) in [6, 6.07) is 14.9. The number of fused-ring (bicyclic) bond motifs is 1. The van der Waals surface area contributed by atoms with Gasteiger partial charge in [-0.25, -0.2) is 0 Å². The van der Waals surface area contributed by atoms with Crippen molar-refractivity contribution in [3.8, 4) is 17.2 Å². The molecule has 0 aromatic heterocycles. The van der Waals surface area contributed by atoms with Crippen LogP contribution in [-0.2, 0) is 20.9 Å². The summed E-state index contributed by atoms with van der Waals surface area (Å²) >= 11 is 0. The summed E-state index contributed by atoms with van der Waals surface area (Å²) in [5.74, 6) is 1.60. The Hall–Kier alpha value is -3.22. The molecule has 7 nitrogen and oxygen atoms in total. The van der Waals surface area contributed by atoms with Crippen LogP contribution in [0, 0.1) is 0 Å².